The van der Waals surface area contributed by atoms with E-state index in [1.807, 2.05) is 30.3 Å². The Kier molecular flexibility index (Phi) is 8.53. The molecule has 12 heteroatoms. The number of carbonyl (C=O) groups excluding carboxylic acids is 3. The molecule has 0 bridgehead atoms. The highest BCUT2D eigenvalue weighted by atomic mass is 32.2. The maximum absolute atomic E-state index is 14.0. The van der Waals surface area contributed by atoms with Crippen LogP contribution in [0, 0.1) is 17.8 Å². The Morgan fingerprint density at radius 1 is 1.09 bits per heavy atom. The zero-order valence-corrected chi connectivity index (χ0v) is 26.8. The minimum atomic E-state index is -3.82. The second-order valence-electron chi connectivity index (χ2n) is 13.3. The molecule has 2 aliphatic carbocycles. The van der Waals surface area contributed by atoms with Gasteiger partial charge in [0.25, 0.3) is 5.91 Å². The van der Waals surface area contributed by atoms with E-state index in [1.54, 1.807) is 18.2 Å². The van der Waals surface area contributed by atoms with Gasteiger partial charge in [0.05, 0.1) is 25.1 Å². The Balaban J connectivity index is 1.28. The lowest BCUT2D eigenvalue weighted by Gasteiger charge is -2.27. The third-order valence-electron chi connectivity index (χ3n) is 9.62. The molecule has 3 fully saturated rings. The van der Waals surface area contributed by atoms with Crippen molar-refractivity contribution in [1.82, 2.24) is 19.9 Å². The molecule has 6 atom stereocenters. The lowest BCUT2D eigenvalue weighted by molar-refractivity contribution is -0.140. The van der Waals surface area contributed by atoms with Gasteiger partial charge in [0.1, 0.15) is 23.4 Å². The van der Waals surface area contributed by atoms with Crippen LogP contribution in [0.5, 0.6) is 11.6 Å². The topological polar surface area (TPSA) is 144 Å². The van der Waals surface area contributed by atoms with E-state index in [-0.39, 0.29) is 43.0 Å². The fourth-order valence-electron chi connectivity index (χ4n) is 6.65. The Labute approximate surface area is 264 Å². The van der Waals surface area contributed by atoms with Gasteiger partial charge in [-0.05, 0) is 43.6 Å². The van der Waals surface area contributed by atoms with Crippen LogP contribution >= 0.6 is 0 Å². The van der Waals surface area contributed by atoms with Crippen molar-refractivity contribution in [2.75, 3.05) is 13.7 Å². The summed E-state index contributed by atoms with van der Waals surface area (Å²) in [5.74, 6) is -0.354. The lowest BCUT2D eigenvalue weighted by Crippen LogP contribution is -2.56. The van der Waals surface area contributed by atoms with Crippen LogP contribution in [0.15, 0.2) is 42.6 Å². The van der Waals surface area contributed by atoms with Crippen molar-refractivity contribution < 1.29 is 32.3 Å². The molecule has 6 rings (SSSR count). The van der Waals surface area contributed by atoms with Gasteiger partial charge in [0.2, 0.25) is 27.7 Å². The Morgan fingerprint density at radius 3 is 2.58 bits per heavy atom. The number of allylic oxidation sites excluding steroid dienone is 1. The first-order chi connectivity index (χ1) is 21.5. The quantitative estimate of drug-likeness (QED) is 0.458. The number of methoxy groups -OCH3 is 1. The van der Waals surface area contributed by atoms with E-state index in [9.17, 15) is 22.8 Å². The summed E-state index contributed by atoms with van der Waals surface area (Å²) in [7, 11) is -2.24. The second-order valence-corrected chi connectivity index (χ2v) is 15.2. The van der Waals surface area contributed by atoms with Crippen LogP contribution in [0.25, 0.3) is 10.8 Å². The molecule has 2 N–H and O–H groups in total. The number of fused-ring (bicyclic) bond motifs is 3. The van der Waals surface area contributed by atoms with Crippen LogP contribution in [-0.4, -0.2) is 72.6 Å². The number of hydrogen-bond donors (Lipinski definition) is 2. The highest BCUT2D eigenvalue weighted by Gasteiger charge is 2.62. The van der Waals surface area contributed by atoms with Gasteiger partial charge in [-0.25, -0.2) is 13.4 Å². The average molecular weight is 639 g/mol. The third kappa shape index (κ3) is 6.52. The van der Waals surface area contributed by atoms with Gasteiger partial charge >= 0.3 is 0 Å². The minimum absolute atomic E-state index is 0.132. The zero-order valence-electron chi connectivity index (χ0n) is 26.0. The van der Waals surface area contributed by atoms with Crippen molar-refractivity contribution >= 4 is 38.5 Å². The Hall–Kier alpha value is -3.67. The molecule has 242 valence electrons. The van der Waals surface area contributed by atoms with E-state index in [0.29, 0.717) is 30.9 Å². The monoisotopic (exact) mass is 638 g/mol. The Bertz CT molecular complexity index is 1620. The van der Waals surface area contributed by atoms with Gasteiger partial charge in [-0.1, -0.05) is 57.0 Å². The van der Waals surface area contributed by atoms with Crippen LogP contribution in [0.3, 0.4) is 0 Å². The molecule has 4 aliphatic rings. The molecular formula is C33H42N4O7S. The maximum Gasteiger partial charge on any atom is 0.259 e. The molecule has 0 spiro atoms. The lowest BCUT2D eigenvalue weighted by atomic mass is 9.95. The summed E-state index contributed by atoms with van der Waals surface area (Å²) in [6.45, 7) is 4.33. The highest BCUT2D eigenvalue weighted by molar-refractivity contribution is 7.91. The van der Waals surface area contributed by atoms with Gasteiger partial charge in [-0.3, -0.25) is 19.1 Å². The molecule has 0 radical (unpaired) electrons. The minimum Gasteiger partial charge on any atom is -0.494 e. The molecular weight excluding hydrogens is 596 g/mol. The number of aromatic nitrogens is 1. The summed E-state index contributed by atoms with van der Waals surface area (Å²) in [4.78, 5) is 47.3. The standard InChI is InChI=1S/C33H42N4O7S/c1-20-7-6-8-21(2)15-29(38)37-19-23(44-31-26-10-5-4-9-25(26)28(43-3)18-34-31)16-27(37)30(39)35-33(17-22(33)12-11-20)32(40)36-45(41,42)24-13-14-24/h4-5,9-12,18,20-24,27H,6-8,13-17,19H2,1-3H3,(H,35,39)(H,36,40)/b12-11-/t20-,21+,22+,23+,27-,33+/m0/s1. The largest absolute Gasteiger partial charge is 0.494 e. The molecule has 1 aromatic carbocycles. The summed E-state index contributed by atoms with van der Waals surface area (Å²) in [6, 6.07) is 6.68. The van der Waals surface area contributed by atoms with E-state index < -0.39 is 44.8 Å². The first-order valence-electron chi connectivity index (χ1n) is 15.9. The van der Waals surface area contributed by atoms with Crippen molar-refractivity contribution in [3.63, 3.8) is 0 Å². The van der Waals surface area contributed by atoms with Gasteiger partial charge in [-0.15, -0.1) is 0 Å². The van der Waals surface area contributed by atoms with Crippen molar-refractivity contribution in [3.8, 4) is 11.6 Å². The number of pyridine rings is 1. The number of nitrogens with zero attached hydrogens (tertiary/aromatic N) is 2. The van der Waals surface area contributed by atoms with Gasteiger partial charge in [0.15, 0.2) is 0 Å². The van der Waals surface area contributed by atoms with Crippen LogP contribution < -0.4 is 19.5 Å². The zero-order chi connectivity index (χ0) is 31.9. The Morgan fingerprint density at radius 2 is 1.84 bits per heavy atom. The van der Waals surface area contributed by atoms with Crippen molar-refractivity contribution in [2.45, 2.75) is 88.1 Å². The molecule has 2 aromatic rings. The summed E-state index contributed by atoms with van der Waals surface area (Å²) >= 11 is 0. The van der Waals surface area contributed by atoms with Gasteiger partial charge in [0, 0.05) is 29.5 Å². The summed E-state index contributed by atoms with van der Waals surface area (Å²) in [6.07, 6.45) is 9.59. The van der Waals surface area contributed by atoms with E-state index in [1.165, 1.54) is 0 Å². The fraction of sp³-hybridized carbons (Fsp3) is 0.576. The maximum atomic E-state index is 14.0. The average Bonchev–Trinajstić information content (AvgIpc) is 3.93. The van der Waals surface area contributed by atoms with Crippen molar-refractivity contribution in [3.05, 3.63) is 42.6 Å². The number of amides is 3. The van der Waals surface area contributed by atoms with Crippen LogP contribution in [0.2, 0.25) is 0 Å². The number of ether oxygens (including phenoxy) is 2. The van der Waals surface area contributed by atoms with Crippen LogP contribution in [0.1, 0.15) is 65.2 Å². The molecule has 3 amide bonds. The van der Waals surface area contributed by atoms with Crippen molar-refractivity contribution in [2.24, 2.45) is 17.8 Å². The number of sulfonamides is 1. The first kappa shape index (κ1) is 31.3. The predicted molar refractivity (Wildman–Crippen MR) is 168 cm³/mol. The van der Waals surface area contributed by atoms with Crippen molar-refractivity contribution in [1.29, 1.82) is 0 Å². The first-order valence-corrected chi connectivity index (χ1v) is 17.5. The molecule has 11 nitrogen and oxygen atoms in total. The molecule has 3 heterocycles. The summed E-state index contributed by atoms with van der Waals surface area (Å²) in [5, 5.41) is 3.92. The van der Waals surface area contributed by atoms with Crippen LogP contribution in [0.4, 0.5) is 0 Å². The molecule has 1 aromatic heterocycles. The molecule has 1 saturated heterocycles. The number of benzene rings is 1. The normalized spacial score (nSPS) is 31.5. The third-order valence-corrected chi connectivity index (χ3v) is 11.4. The molecule has 2 aliphatic heterocycles. The smallest absolute Gasteiger partial charge is 0.259 e. The summed E-state index contributed by atoms with van der Waals surface area (Å²) < 4.78 is 39.5. The molecule has 2 saturated carbocycles. The van der Waals surface area contributed by atoms with Crippen LogP contribution in [-0.2, 0) is 24.4 Å². The number of hydrogen-bond acceptors (Lipinski definition) is 8. The van der Waals surface area contributed by atoms with E-state index >= 15 is 0 Å². The van der Waals surface area contributed by atoms with Gasteiger partial charge in [-0.2, -0.15) is 0 Å². The number of rotatable bonds is 6. The van der Waals surface area contributed by atoms with E-state index in [4.69, 9.17) is 9.47 Å². The number of nitrogens with one attached hydrogen (secondary N) is 2. The SMILES string of the molecule is COc1cnc(O[C@@H]2C[C@H]3C(=O)N[C@]4(C(=O)NS(=O)(=O)C5CC5)C[C@H]4/C=C\[C@@H](C)CCC[C@@H](C)CC(=O)N3C2)c2ccccc12. The summed E-state index contributed by atoms with van der Waals surface area (Å²) in [5.41, 5.74) is -1.40. The fourth-order valence-corrected chi connectivity index (χ4v) is 8.02. The predicted octanol–water partition coefficient (Wildman–Crippen LogP) is 3.48. The van der Waals surface area contributed by atoms with Gasteiger partial charge < -0.3 is 19.7 Å². The van der Waals surface area contributed by atoms with E-state index in [2.05, 4.69) is 34.9 Å². The molecule has 0 unspecified atom stereocenters. The second kappa shape index (κ2) is 12.3. The number of carbonyl (C=O) groups is 3. The molecule has 45 heavy (non-hydrogen) atoms. The van der Waals surface area contributed by atoms with E-state index in [0.717, 1.165) is 30.0 Å². The highest BCUT2D eigenvalue weighted by Crippen LogP contribution is 2.46.